The highest BCUT2D eigenvalue weighted by molar-refractivity contribution is 6.04. The molecule has 2 aromatic heterocycles. The van der Waals surface area contributed by atoms with Crippen molar-refractivity contribution in [3.05, 3.63) is 78.1 Å². The number of carbonyl (C=O) groups excluding carboxylic acids is 1. The van der Waals surface area contributed by atoms with Crippen LogP contribution >= 0.6 is 0 Å². The highest BCUT2D eigenvalue weighted by Crippen LogP contribution is 2.26. The molecule has 0 aliphatic heterocycles. The fourth-order valence-corrected chi connectivity index (χ4v) is 2.60. The number of amides is 1. The number of rotatable bonds is 3. The van der Waals surface area contributed by atoms with E-state index in [-0.39, 0.29) is 5.91 Å². The van der Waals surface area contributed by atoms with Crippen LogP contribution in [0.4, 0.5) is 5.69 Å². The largest absolute Gasteiger partial charge is 0.436 e. The predicted octanol–water partition coefficient (Wildman–Crippen LogP) is 4.45. The van der Waals surface area contributed by atoms with Gasteiger partial charge in [-0.1, -0.05) is 12.1 Å². The average molecular weight is 329 g/mol. The third kappa shape index (κ3) is 3.12. The fraction of sp³-hybridized carbons (Fsp3) is 0.0500. The maximum Gasteiger partial charge on any atom is 0.255 e. The maximum atomic E-state index is 12.3. The summed E-state index contributed by atoms with van der Waals surface area (Å²) >= 11 is 0. The Bertz CT molecular complexity index is 1050. The van der Waals surface area contributed by atoms with Gasteiger partial charge < -0.3 is 9.73 Å². The first-order valence-electron chi connectivity index (χ1n) is 7.88. The third-order valence-corrected chi connectivity index (χ3v) is 3.85. The summed E-state index contributed by atoms with van der Waals surface area (Å²) in [7, 11) is 0. The van der Waals surface area contributed by atoms with Crippen LogP contribution in [0, 0.1) is 6.92 Å². The van der Waals surface area contributed by atoms with E-state index in [4.69, 9.17) is 4.42 Å². The van der Waals surface area contributed by atoms with Crippen LogP contribution in [0.25, 0.3) is 22.6 Å². The Morgan fingerprint density at radius 1 is 1.04 bits per heavy atom. The lowest BCUT2D eigenvalue weighted by Gasteiger charge is -2.06. The second-order valence-corrected chi connectivity index (χ2v) is 5.76. The van der Waals surface area contributed by atoms with E-state index in [1.807, 2.05) is 49.4 Å². The molecule has 0 bridgehead atoms. The molecule has 0 saturated heterocycles. The summed E-state index contributed by atoms with van der Waals surface area (Å²) in [6.07, 6.45) is 3.18. The van der Waals surface area contributed by atoms with E-state index in [1.165, 1.54) is 0 Å². The Morgan fingerprint density at radius 3 is 2.72 bits per heavy atom. The van der Waals surface area contributed by atoms with Gasteiger partial charge in [-0.3, -0.25) is 9.78 Å². The number of hydrogen-bond donors (Lipinski definition) is 1. The number of pyridine rings is 1. The topological polar surface area (TPSA) is 68.0 Å². The predicted molar refractivity (Wildman–Crippen MR) is 96.4 cm³/mol. The molecule has 4 aromatic rings. The second-order valence-electron chi connectivity index (χ2n) is 5.76. The average Bonchev–Trinajstić information content (AvgIpc) is 3.06. The van der Waals surface area contributed by atoms with Crippen molar-refractivity contribution in [2.24, 2.45) is 0 Å². The third-order valence-electron chi connectivity index (χ3n) is 3.85. The van der Waals surface area contributed by atoms with Gasteiger partial charge in [0.25, 0.3) is 5.91 Å². The van der Waals surface area contributed by atoms with Crippen LogP contribution in [0.2, 0.25) is 0 Å². The summed E-state index contributed by atoms with van der Waals surface area (Å²) in [5.41, 5.74) is 4.73. The van der Waals surface area contributed by atoms with Crippen molar-refractivity contribution in [2.45, 2.75) is 6.92 Å². The number of carbonyl (C=O) groups is 1. The van der Waals surface area contributed by atoms with Crippen molar-refractivity contribution in [1.82, 2.24) is 9.97 Å². The minimum absolute atomic E-state index is 0.187. The van der Waals surface area contributed by atoms with Crippen LogP contribution in [-0.2, 0) is 0 Å². The number of aromatic nitrogens is 2. The number of hydrogen-bond acceptors (Lipinski definition) is 4. The van der Waals surface area contributed by atoms with Crippen LogP contribution in [-0.4, -0.2) is 15.9 Å². The van der Waals surface area contributed by atoms with Gasteiger partial charge >= 0.3 is 0 Å². The van der Waals surface area contributed by atoms with E-state index in [2.05, 4.69) is 15.3 Å². The molecule has 25 heavy (non-hydrogen) atoms. The number of benzene rings is 2. The zero-order valence-corrected chi connectivity index (χ0v) is 13.6. The molecule has 5 nitrogen and oxygen atoms in total. The zero-order chi connectivity index (χ0) is 17.2. The lowest BCUT2D eigenvalue weighted by Crippen LogP contribution is -2.11. The Morgan fingerprint density at radius 2 is 1.88 bits per heavy atom. The van der Waals surface area contributed by atoms with Crippen molar-refractivity contribution in [2.75, 3.05) is 5.32 Å². The van der Waals surface area contributed by atoms with Crippen molar-refractivity contribution in [1.29, 1.82) is 0 Å². The number of nitrogens with one attached hydrogen (secondary N) is 1. The van der Waals surface area contributed by atoms with E-state index in [0.717, 1.165) is 22.2 Å². The summed E-state index contributed by atoms with van der Waals surface area (Å²) in [6.45, 7) is 2.02. The number of oxazole rings is 1. The minimum Gasteiger partial charge on any atom is -0.436 e. The molecular formula is C20H15N3O2. The van der Waals surface area contributed by atoms with Gasteiger partial charge in [-0.25, -0.2) is 4.98 Å². The van der Waals surface area contributed by atoms with Gasteiger partial charge in [0, 0.05) is 29.2 Å². The Labute approximate surface area is 144 Å². The second kappa shape index (κ2) is 6.20. The van der Waals surface area contributed by atoms with Crippen LogP contribution in [0.5, 0.6) is 0 Å². The Kier molecular flexibility index (Phi) is 3.74. The van der Waals surface area contributed by atoms with Crippen molar-refractivity contribution < 1.29 is 9.21 Å². The first kappa shape index (κ1) is 15.1. The van der Waals surface area contributed by atoms with Gasteiger partial charge in [0.15, 0.2) is 5.58 Å². The number of anilines is 1. The fourth-order valence-electron chi connectivity index (χ4n) is 2.60. The van der Waals surface area contributed by atoms with Crippen LogP contribution in [0.3, 0.4) is 0 Å². The van der Waals surface area contributed by atoms with Crippen molar-refractivity contribution in [3.63, 3.8) is 0 Å². The molecular weight excluding hydrogens is 314 g/mol. The SMILES string of the molecule is Cc1ccc2oc(-c3cccc(NC(=O)c4ccncc4)c3)nc2c1. The molecule has 4 rings (SSSR count). The van der Waals surface area contributed by atoms with E-state index in [1.54, 1.807) is 24.5 Å². The Balaban J connectivity index is 1.63. The lowest BCUT2D eigenvalue weighted by molar-refractivity contribution is 0.102. The van der Waals surface area contributed by atoms with Crippen LogP contribution in [0.15, 0.2) is 71.4 Å². The number of nitrogens with zero attached hydrogens (tertiary/aromatic N) is 2. The summed E-state index contributed by atoms with van der Waals surface area (Å²) < 4.78 is 5.82. The highest BCUT2D eigenvalue weighted by atomic mass is 16.3. The van der Waals surface area contributed by atoms with Gasteiger partial charge in [0.1, 0.15) is 5.52 Å². The summed E-state index contributed by atoms with van der Waals surface area (Å²) in [5, 5.41) is 2.88. The van der Waals surface area contributed by atoms with Crippen molar-refractivity contribution in [3.8, 4) is 11.5 Å². The molecule has 5 heteroatoms. The first-order valence-corrected chi connectivity index (χ1v) is 7.88. The molecule has 0 atom stereocenters. The molecule has 122 valence electrons. The highest BCUT2D eigenvalue weighted by Gasteiger charge is 2.10. The van der Waals surface area contributed by atoms with Gasteiger partial charge in [-0.05, 0) is 55.0 Å². The van der Waals surface area contributed by atoms with Crippen LogP contribution in [0.1, 0.15) is 15.9 Å². The van der Waals surface area contributed by atoms with Gasteiger partial charge in [0.2, 0.25) is 5.89 Å². The summed E-state index contributed by atoms with van der Waals surface area (Å²) in [6, 6.07) is 16.7. The molecule has 0 fully saturated rings. The van der Waals surface area contributed by atoms with E-state index in [0.29, 0.717) is 17.1 Å². The standard InChI is InChI=1S/C20H15N3O2/c1-13-5-6-18-17(11-13)23-20(25-18)15-3-2-4-16(12-15)22-19(24)14-7-9-21-10-8-14/h2-12H,1H3,(H,22,24). The zero-order valence-electron chi connectivity index (χ0n) is 13.6. The van der Waals surface area contributed by atoms with Gasteiger partial charge in [0.05, 0.1) is 0 Å². The molecule has 0 aliphatic carbocycles. The van der Waals surface area contributed by atoms with E-state index >= 15 is 0 Å². The first-order chi connectivity index (χ1) is 12.2. The molecule has 0 saturated carbocycles. The smallest absolute Gasteiger partial charge is 0.255 e. The Hall–Kier alpha value is -3.47. The monoisotopic (exact) mass is 329 g/mol. The minimum atomic E-state index is -0.187. The van der Waals surface area contributed by atoms with Gasteiger partial charge in [-0.2, -0.15) is 0 Å². The van der Waals surface area contributed by atoms with E-state index in [9.17, 15) is 4.79 Å². The number of fused-ring (bicyclic) bond motifs is 1. The molecule has 0 unspecified atom stereocenters. The van der Waals surface area contributed by atoms with Crippen LogP contribution < -0.4 is 5.32 Å². The molecule has 0 spiro atoms. The molecule has 0 radical (unpaired) electrons. The van der Waals surface area contributed by atoms with E-state index < -0.39 is 0 Å². The maximum absolute atomic E-state index is 12.3. The summed E-state index contributed by atoms with van der Waals surface area (Å²) in [5.74, 6) is 0.341. The molecule has 2 aromatic carbocycles. The van der Waals surface area contributed by atoms with Gasteiger partial charge in [-0.15, -0.1) is 0 Å². The molecule has 2 heterocycles. The van der Waals surface area contributed by atoms with Crippen molar-refractivity contribution >= 4 is 22.7 Å². The summed E-state index contributed by atoms with van der Waals surface area (Å²) in [4.78, 5) is 20.7. The normalized spacial score (nSPS) is 10.8. The number of aryl methyl sites for hydroxylation is 1. The molecule has 1 N–H and O–H groups in total. The molecule has 1 amide bonds. The quantitative estimate of drug-likeness (QED) is 0.603. The molecule has 0 aliphatic rings. The lowest BCUT2D eigenvalue weighted by atomic mass is 10.2.